The zero-order valence-electron chi connectivity index (χ0n) is 4.36. The van der Waals surface area contributed by atoms with Gasteiger partial charge in [-0.15, -0.1) is 0 Å². The molecule has 50 valence electrons. The molecule has 1 saturated heterocycles. The number of hydrogen-bond acceptors (Lipinski definition) is 4. The van der Waals surface area contributed by atoms with Crippen LogP contribution in [0.2, 0.25) is 0 Å². The molecule has 9 heavy (non-hydrogen) atoms. The summed E-state index contributed by atoms with van der Waals surface area (Å²) in [7, 11) is 0. The molecule has 0 aliphatic carbocycles. The number of Topliss-reactive ketones (excluding diaryl/α,β-unsaturated/α-hetero) is 1. The van der Waals surface area contributed by atoms with Crippen molar-refractivity contribution in [1.29, 1.82) is 0 Å². The van der Waals surface area contributed by atoms with Gasteiger partial charge in [-0.1, -0.05) is 0 Å². The molecule has 1 heterocycles. The molecule has 0 unspecified atom stereocenters. The van der Waals surface area contributed by atoms with Crippen molar-refractivity contribution in [2.75, 3.05) is 0 Å². The summed E-state index contributed by atoms with van der Waals surface area (Å²) in [5.74, 6) is -1.72. The number of carbonyl (C=O) groups is 2. The third kappa shape index (κ3) is 1.79. The lowest BCUT2D eigenvalue weighted by Crippen LogP contribution is -2.11. The van der Waals surface area contributed by atoms with Gasteiger partial charge in [0.15, 0.2) is 0 Å². The van der Waals surface area contributed by atoms with Crippen LogP contribution in [0.1, 0.15) is 6.42 Å². The van der Waals surface area contributed by atoms with E-state index in [9.17, 15) is 9.59 Å². The first-order valence-electron chi connectivity index (χ1n) is 2.27. The molecule has 1 rings (SSSR count). The molecule has 5 nitrogen and oxygen atoms in total. The predicted octanol–water partition coefficient (Wildman–Crippen LogP) is -0.682. The Hall–Kier alpha value is -0.940. The minimum absolute atomic E-state index is 0.537. The Morgan fingerprint density at radius 2 is 2.00 bits per heavy atom. The molecule has 1 fully saturated rings. The van der Waals surface area contributed by atoms with Crippen molar-refractivity contribution < 1.29 is 24.5 Å². The number of hydrogen-bond donors (Lipinski definition) is 1. The molecule has 1 N–H and O–H groups in total. The van der Waals surface area contributed by atoms with E-state index in [-0.39, 0.29) is 0 Å². The Morgan fingerprint density at radius 1 is 1.44 bits per heavy atom. The highest BCUT2D eigenvalue weighted by atomic mass is 17.4. The highest BCUT2D eigenvalue weighted by molar-refractivity contribution is 5.97. The second kappa shape index (κ2) is 2.12. The lowest BCUT2D eigenvalue weighted by molar-refractivity contribution is -0.140. The van der Waals surface area contributed by atoms with Crippen LogP contribution >= 0.6 is 0 Å². The average Bonchev–Trinajstić information content (AvgIpc) is 2.40. The Morgan fingerprint density at radius 3 is 2.33 bits per heavy atom. The van der Waals surface area contributed by atoms with Crippen molar-refractivity contribution in [2.24, 2.45) is 0 Å². The molecule has 0 bridgehead atoms. The average molecular weight is 132 g/mol. The molecule has 1 aliphatic rings. The molecule has 0 amide bonds. The molecule has 1 aliphatic heterocycles. The van der Waals surface area contributed by atoms with E-state index in [4.69, 9.17) is 5.11 Å². The van der Waals surface area contributed by atoms with E-state index >= 15 is 0 Å². The zero-order chi connectivity index (χ0) is 6.85. The van der Waals surface area contributed by atoms with Crippen molar-refractivity contribution in [1.82, 2.24) is 0 Å². The third-order valence-electron chi connectivity index (χ3n) is 0.781. The number of rotatable bonds is 3. The topological polar surface area (TPSA) is 79.4 Å². The van der Waals surface area contributed by atoms with Crippen LogP contribution in [0, 0.1) is 0 Å². The van der Waals surface area contributed by atoms with Crippen LogP contribution in [-0.2, 0) is 19.4 Å². The molecule has 0 aromatic carbocycles. The zero-order valence-corrected chi connectivity index (χ0v) is 4.36. The summed E-state index contributed by atoms with van der Waals surface area (Å²) in [4.78, 5) is 28.3. The van der Waals surface area contributed by atoms with E-state index in [0.717, 1.165) is 0 Å². The van der Waals surface area contributed by atoms with Gasteiger partial charge in [-0.3, -0.25) is 9.59 Å². The highest BCUT2D eigenvalue weighted by Gasteiger charge is 2.35. The summed E-state index contributed by atoms with van der Waals surface area (Å²) in [6.45, 7) is 0. The SMILES string of the molecule is O=C(O)CC(=O)C1OO1. The van der Waals surface area contributed by atoms with Crippen LogP contribution in [0.4, 0.5) is 0 Å². The fraction of sp³-hybridized carbons (Fsp3) is 0.500. The van der Waals surface area contributed by atoms with E-state index < -0.39 is 24.5 Å². The summed E-state index contributed by atoms with van der Waals surface area (Å²) < 4.78 is 0. The van der Waals surface area contributed by atoms with Crippen molar-refractivity contribution in [3.63, 3.8) is 0 Å². The van der Waals surface area contributed by atoms with E-state index in [1.165, 1.54) is 0 Å². The second-order valence-electron chi connectivity index (χ2n) is 1.56. The van der Waals surface area contributed by atoms with Gasteiger partial charge in [-0.2, -0.15) is 9.78 Å². The van der Waals surface area contributed by atoms with Gasteiger partial charge in [0, 0.05) is 0 Å². The van der Waals surface area contributed by atoms with Gasteiger partial charge < -0.3 is 5.11 Å². The standard InChI is InChI=1S/C4H4O5/c5-2(1-3(6)7)4-8-9-4/h4H,1H2,(H,6,7). The monoisotopic (exact) mass is 132 g/mol. The van der Waals surface area contributed by atoms with E-state index in [1.54, 1.807) is 0 Å². The van der Waals surface area contributed by atoms with Gasteiger partial charge >= 0.3 is 5.97 Å². The Balaban J connectivity index is 2.26. The fourth-order valence-electron chi connectivity index (χ4n) is 0.367. The molecular formula is C4H4O5. The van der Waals surface area contributed by atoms with E-state index in [2.05, 4.69) is 9.78 Å². The minimum atomic E-state index is -1.17. The molecule has 0 aromatic heterocycles. The van der Waals surface area contributed by atoms with Crippen molar-refractivity contribution in [3.8, 4) is 0 Å². The first kappa shape index (κ1) is 6.18. The van der Waals surface area contributed by atoms with Crippen LogP contribution < -0.4 is 0 Å². The molecule has 0 aromatic rings. The number of carboxylic acids is 1. The van der Waals surface area contributed by atoms with Crippen molar-refractivity contribution in [3.05, 3.63) is 0 Å². The molecule has 5 heteroatoms. The highest BCUT2D eigenvalue weighted by Crippen LogP contribution is 2.14. The fourth-order valence-corrected chi connectivity index (χ4v) is 0.367. The van der Waals surface area contributed by atoms with Crippen LogP contribution in [0.3, 0.4) is 0 Å². The van der Waals surface area contributed by atoms with Gasteiger partial charge in [-0.25, -0.2) is 0 Å². The summed E-state index contributed by atoms with van der Waals surface area (Å²) in [6, 6.07) is 0. The Bertz CT molecular complexity index is 147. The number of aliphatic carboxylic acids is 1. The minimum Gasteiger partial charge on any atom is -0.481 e. The maximum atomic E-state index is 10.4. The quantitative estimate of drug-likeness (QED) is 0.312. The van der Waals surface area contributed by atoms with Crippen molar-refractivity contribution >= 4 is 11.8 Å². The summed E-state index contributed by atoms with van der Waals surface area (Å²) in [5, 5.41) is 8.03. The molecule has 0 spiro atoms. The summed E-state index contributed by atoms with van der Waals surface area (Å²) in [6.07, 6.45) is -1.45. The van der Waals surface area contributed by atoms with E-state index in [0.29, 0.717) is 0 Å². The van der Waals surface area contributed by atoms with Crippen LogP contribution in [0.5, 0.6) is 0 Å². The van der Waals surface area contributed by atoms with Crippen LogP contribution in [-0.4, -0.2) is 23.1 Å². The maximum absolute atomic E-state index is 10.4. The third-order valence-corrected chi connectivity index (χ3v) is 0.781. The maximum Gasteiger partial charge on any atom is 0.311 e. The lowest BCUT2D eigenvalue weighted by atomic mass is 10.3. The van der Waals surface area contributed by atoms with Crippen LogP contribution in [0.15, 0.2) is 0 Å². The summed E-state index contributed by atoms with van der Waals surface area (Å²) in [5.41, 5.74) is 0. The first-order valence-corrected chi connectivity index (χ1v) is 2.27. The summed E-state index contributed by atoms with van der Waals surface area (Å²) >= 11 is 0. The first-order chi connectivity index (χ1) is 4.20. The number of ketones is 1. The molecule has 0 atom stereocenters. The predicted molar refractivity (Wildman–Crippen MR) is 23.2 cm³/mol. The molecule has 0 saturated carbocycles. The Kier molecular flexibility index (Phi) is 1.46. The van der Waals surface area contributed by atoms with Gasteiger partial charge in [0.25, 0.3) is 6.29 Å². The largest absolute Gasteiger partial charge is 0.481 e. The molecule has 0 radical (unpaired) electrons. The van der Waals surface area contributed by atoms with Crippen LogP contribution in [0.25, 0.3) is 0 Å². The lowest BCUT2D eigenvalue weighted by Gasteiger charge is -1.83. The Labute approximate surface area is 50.1 Å². The molecular weight excluding hydrogens is 128 g/mol. The smallest absolute Gasteiger partial charge is 0.311 e. The number of carbonyl (C=O) groups excluding carboxylic acids is 1. The normalized spacial score (nSPS) is 17.3. The van der Waals surface area contributed by atoms with E-state index in [1.807, 2.05) is 0 Å². The second-order valence-corrected chi connectivity index (χ2v) is 1.56. The van der Waals surface area contributed by atoms with Gasteiger partial charge in [-0.05, 0) is 0 Å². The number of carboxylic acid groups (broad SMARTS) is 1. The van der Waals surface area contributed by atoms with Gasteiger partial charge in [0.2, 0.25) is 5.78 Å². The van der Waals surface area contributed by atoms with Crippen molar-refractivity contribution in [2.45, 2.75) is 12.7 Å². The van der Waals surface area contributed by atoms with Gasteiger partial charge in [0.1, 0.15) is 6.42 Å². The van der Waals surface area contributed by atoms with Gasteiger partial charge in [0.05, 0.1) is 0 Å².